The molecule has 0 bridgehead atoms. The Morgan fingerprint density at radius 3 is 2.31 bits per heavy atom. The highest BCUT2D eigenvalue weighted by atomic mass is 16.5. The molecule has 0 spiro atoms. The summed E-state index contributed by atoms with van der Waals surface area (Å²) in [5.74, 6) is -0.550. The fraction of sp³-hybridized carbons (Fsp3) is 0.250. The van der Waals surface area contributed by atoms with Gasteiger partial charge < -0.3 is 15.4 Å². The van der Waals surface area contributed by atoms with Crippen molar-refractivity contribution in [1.82, 2.24) is 4.90 Å². The minimum atomic E-state index is -0.365. The van der Waals surface area contributed by atoms with Crippen molar-refractivity contribution in [1.29, 1.82) is 0 Å². The molecular formula is C28H27N3O4. The lowest BCUT2D eigenvalue weighted by molar-refractivity contribution is -0.117. The zero-order chi connectivity index (χ0) is 24.4. The zero-order valence-electron chi connectivity index (χ0n) is 19.5. The summed E-state index contributed by atoms with van der Waals surface area (Å²) in [5, 5.41) is 6.42. The van der Waals surface area contributed by atoms with E-state index in [9.17, 15) is 14.4 Å². The Kier molecular flexibility index (Phi) is 6.33. The number of nitrogens with one attached hydrogen (secondary N) is 2. The maximum Gasteiger partial charge on any atom is 0.339 e. The molecule has 7 heteroatoms. The number of nitrogens with zero attached hydrogens (tertiary/aromatic N) is 1. The van der Waals surface area contributed by atoms with E-state index in [1.54, 1.807) is 12.1 Å². The number of likely N-dealkylation sites (tertiary alicyclic amines) is 1. The number of hydrogen-bond acceptors (Lipinski definition) is 6. The predicted octanol–water partition coefficient (Wildman–Crippen LogP) is 4.20. The van der Waals surface area contributed by atoms with Gasteiger partial charge in [0.15, 0.2) is 5.78 Å². The predicted molar refractivity (Wildman–Crippen MR) is 135 cm³/mol. The number of benzene rings is 3. The Morgan fingerprint density at radius 1 is 0.886 bits per heavy atom. The normalized spacial score (nSPS) is 15.3. The summed E-state index contributed by atoms with van der Waals surface area (Å²) in [7, 11) is 1.38. The smallest absolute Gasteiger partial charge is 0.339 e. The molecule has 0 unspecified atom stereocenters. The van der Waals surface area contributed by atoms with Crippen LogP contribution in [0.25, 0.3) is 11.1 Å². The van der Waals surface area contributed by atoms with Crippen LogP contribution in [0.2, 0.25) is 0 Å². The number of esters is 1. The van der Waals surface area contributed by atoms with Gasteiger partial charge in [0.25, 0.3) is 0 Å². The number of fused-ring (bicyclic) bond motifs is 3. The van der Waals surface area contributed by atoms with E-state index >= 15 is 0 Å². The Morgan fingerprint density at radius 2 is 1.54 bits per heavy atom. The van der Waals surface area contributed by atoms with Crippen molar-refractivity contribution in [3.63, 3.8) is 0 Å². The molecule has 0 atom stereocenters. The lowest BCUT2D eigenvalue weighted by atomic mass is 10.0. The number of carbonyl (C=O) groups is 3. The summed E-state index contributed by atoms with van der Waals surface area (Å²) in [6.07, 6.45) is 1.69. The van der Waals surface area contributed by atoms with Crippen molar-refractivity contribution in [2.75, 3.05) is 37.4 Å². The standard InChI is InChI=1S/C28H27N3O4/c1-35-28(34)22-9-4-5-11-23(22)29-18-13-15-31(16-14-18)17-25(32)30-24-12-6-10-20-19-7-2-3-8-21(19)27(33)26(20)24/h2-12,18,29H,13-17H2,1H3,(H,30,32). The lowest BCUT2D eigenvalue weighted by Crippen LogP contribution is -2.42. The fourth-order valence-electron chi connectivity index (χ4n) is 4.92. The number of ether oxygens (including phenoxy) is 1. The van der Waals surface area contributed by atoms with Crippen LogP contribution >= 0.6 is 0 Å². The molecule has 7 nitrogen and oxygen atoms in total. The first kappa shape index (κ1) is 22.8. The number of ketones is 1. The van der Waals surface area contributed by atoms with Gasteiger partial charge in [-0.25, -0.2) is 4.79 Å². The van der Waals surface area contributed by atoms with Crippen molar-refractivity contribution in [3.8, 4) is 11.1 Å². The van der Waals surface area contributed by atoms with E-state index in [1.165, 1.54) is 7.11 Å². The van der Waals surface area contributed by atoms with Crippen LogP contribution in [0.1, 0.15) is 39.1 Å². The molecule has 2 N–H and O–H groups in total. The molecule has 0 aromatic heterocycles. The number of anilines is 2. The number of carbonyl (C=O) groups excluding carboxylic acids is 3. The minimum absolute atomic E-state index is 0.0503. The average Bonchev–Trinajstić information content (AvgIpc) is 3.18. The van der Waals surface area contributed by atoms with Gasteiger partial charge in [-0.05, 0) is 42.2 Å². The van der Waals surface area contributed by atoms with Gasteiger partial charge >= 0.3 is 5.97 Å². The van der Waals surface area contributed by atoms with Crippen molar-refractivity contribution in [3.05, 3.63) is 83.4 Å². The number of amides is 1. The van der Waals surface area contributed by atoms with E-state index in [-0.39, 0.29) is 30.2 Å². The number of methoxy groups -OCH3 is 1. The van der Waals surface area contributed by atoms with Gasteiger partial charge in [0.2, 0.25) is 5.91 Å². The molecular weight excluding hydrogens is 442 g/mol. The van der Waals surface area contributed by atoms with E-state index in [4.69, 9.17) is 4.74 Å². The van der Waals surface area contributed by atoms with Gasteiger partial charge in [-0.2, -0.15) is 0 Å². The number of para-hydroxylation sites is 1. The molecule has 35 heavy (non-hydrogen) atoms. The van der Waals surface area contributed by atoms with E-state index in [0.717, 1.165) is 42.7 Å². The minimum Gasteiger partial charge on any atom is -0.465 e. The van der Waals surface area contributed by atoms with Gasteiger partial charge in [0.1, 0.15) is 0 Å². The van der Waals surface area contributed by atoms with Crippen molar-refractivity contribution < 1.29 is 19.1 Å². The Hall–Kier alpha value is -3.97. The number of hydrogen-bond donors (Lipinski definition) is 2. The maximum absolute atomic E-state index is 13.0. The van der Waals surface area contributed by atoms with Crippen LogP contribution in [-0.2, 0) is 9.53 Å². The lowest BCUT2D eigenvalue weighted by Gasteiger charge is -2.32. The van der Waals surface area contributed by atoms with Gasteiger partial charge in [-0.3, -0.25) is 14.5 Å². The van der Waals surface area contributed by atoms with E-state index in [1.807, 2.05) is 54.6 Å². The molecule has 1 fully saturated rings. The van der Waals surface area contributed by atoms with Gasteiger partial charge in [0.05, 0.1) is 30.5 Å². The molecule has 2 aliphatic rings. The second kappa shape index (κ2) is 9.72. The van der Waals surface area contributed by atoms with Crippen LogP contribution in [0.3, 0.4) is 0 Å². The summed E-state index contributed by atoms with van der Waals surface area (Å²) < 4.78 is 4.88. The number of piperidine rings is 1. The van der Waals surface area contributed by atoms with Crippen LogP contribution in [0.4, 0.5) is 11.4 Å². The van der Waals surface area contributed by atoms with Crippen LogP contribution in [0, 0.1) is 0 Å². The van der Waals surface area contributed by atoms with Gasteiger partial charge in [0, 0.05) is 30.4 Å². The SMILES string of the molecule is COC(=O)c1ccccc1NC1CCN(CC(=O)Nc2cccc3c2C(=O)c2ccccc2-3)CC1. The molecule has 1 aliphatic carbocycles. The summed E-state index contributed by atoms with van der Waals surface area (Å²) in [6.45, 7) is 1.77. The Labute approximate surface area is 204 Å². The summed E-state index contributed by atoms with van der Waals surface area (Å²) >= 11 is 0. The summed E-state index contributed by atoms with van der Waals surface area (Å²) in [6, 6.07) is 20.6. The first-order chi connectivity index (χ1) is 17.0. The molecule has 178 valence electrons. The third kappa shape index (κ3) is 4.55. The highest BCUT2D eigenvalue weighted by Gasteiger charge is 2.29. The van der Waals surface area contributed by atoms with Crippen LogP contribution in [-0.4, -0.2) is 55.3 Å². The van der Waals surface area contributed by atoms with Crippen LogP contribution in [0.5, 0.6) is 0 Å². The summed E-state index contributed by atoms with van der Waals surface area (Å²) in [5.41, 5.74) is 4.85. The molecule has 3 aromatic rings. The van der Waals surface area contributed by atoms with Gasteiger partial charge in [-0.1, -0.05) is 48.5 Å². The number of rotatable bonds is 6. The fourth-order valence-corrected chi connectivity index (χ4v) is 4.92. The third-order valence-corrected chi connectivity index (χ3v) is 6.67. The quantitative estimate of drug-likeness (QED) is 0.412. The van der Waals surface area contributed by atoms with Crippen molar-refractivity contribution in [2.24, 2.45) is 0 Å². The zero-order valence-corrected chi connectivity index (χ0v) is 19.5. The van der Waals surface area contributed by atoms with Gasteiger partial charge in [-0.15, -0.1) is 0 Å². The van der Waals surface area contributed by atoms with Crippen molar-refractivity contribution >= 4 is 29.0 Å². The first-order valence-corrected chi connectivity index (χ1v) is 11.8. The third-order valence-electron chi connectivity index (χ3n) is 6.67. The Balaban J connectivity index is 1.18. The molecule has 1 aliphatic heterocycles. The van der Waals surface area contributed by atoms with Crippen molar-refractivity contribution in [2.45, 2.75) is 18.9 Å². The molecule has 1 heterocycles. The molecule has 0 radical (unpaired) electrons. The second-order valence-corrected chi connectivity index (χ2v) is 8.88. The van der Waals surface area contributed by atoms with Crippen LogP contribution < -0.4 is 10.6 Å². The molecule has 1 saturated heterocycles. The van der Waals surface area contributed by atoms with E-state index in [0.29, 0.717) is 22.4 Å². The monoisotopic (exact) mass is 469 g/mol. The van der Waals surface area contributed by atoms with E-state index in [2.05, 4.69) is 15.5 Å². The van der Waals surface area contributed by atoms with E-state index < -0.39 is 0 Å². The molecule has 5 rings (SSSR count). The molecule has 0 saturated carbocycles. The maximum atomic E-state index is 13.0. The average molecular weight is 470 g/mol. The van der Waals surface area contributed by atoms with Crippen LogP contribution in [0.15, 0.2) is 66.7 Å². The second-order valence-electron chi connectivity index (χ2n) is 8.88. The summed E-state index contributed by atoms with van der Waals surface area (Å²) in [4.78, 5) is 39.9. The molecule has 1 amide bonds. The molecule has 3 aromatic carbocycles. The largest absolute Gasteiger partial charge is 0.465 e. The highest BCUT2D eigenvalue weighted by Crippen LogP contribution is 2.40. The topological polar surface area (TPSA) is 87.7 Å². The Bertz CT molecular complexity index is 1290. The first-order valence-electron chi connectivity index (χ1n) is 11.8. The highest BCUT2D eigenvalue weighted by molar-refractivity contribution is 6.25.